The highest BCUT2D eigenvalue weighted by Crippen LogP contribution is 2.37. The van der Waals surface area contributed by atoms with Crippen molar-refractivity contribution in [3.8, 4) is 0 Å². The molecule has 2 fully saturated rings. The predicted molar refractivity (Wildman–Crippen MR) is 173 cm³/mol. The molecule has 9 heteroatoms. The summed E-state index contributed by atoms with van der Waals surface area (Å²) in [5.74, 6) is -0.468. The van der Waals surface area contributed by atoms with Gasteiger partial charge in [-0.1, -0.05) is 49.8 Å². The van der Waals surface area contributed by atoms with Crippen LogP contribution >= 0.6 is 11.3 Å². The van der Waals surface area contributed by atoms with Crippen molar-refractivity contribution in [2.75, 3.05) is 0 Å². The Morgan fingerprint density at radius 3 is 1.75 bits per heavy atom. The second kappa shape index (κ2) is 14.8. The van der Waals surface area contributed by atoms with Gasteiger partial charge in [-0.15, -0.1) is 11.3 Å². The van der Waals surface area contributed by atoms with Gasteiger partial charge in [0.25, 0.3) is 0 Å². The molecule has 2 saturated carbocycles. The van der Waals surface area contributed by atoms with Crippen LogP contribution in [0.25, 0.3) is 20.2 Å². The second-order valence-corrected chi connectivity index (χ2v) is 13.1. The number of hydrogen-bond acceptors (Lipinski definition) is 9. The molecule has 0 saturated heterocycles. The van der Waals surface area contributed by atoms with Crippen molar-refractivity contribution >= 4 is 66.4 Å². The van der Waals surface area contributed by atoms with Crippen molar-refractivity contribution in [2.24, 2.45) is 22.1 Å². The highest BCUT2D eigenvalue weighted by Gasteiger charge is 2.28. The summed E-state index contributed by atoms with van der Waals surface area (Å²) in [4.78, 5) is 61.5. The summed E-state index contributed by atoms with van der Waals surface area (Å²) >= 11 is 1.58. The molecular formula is C35H40N2O6S. The van der Waals surface area contributed by atoms with Crippen molar-refractivity contribution < 1.29 is 28.9 Å². The predicted octanol–water partition coefficient (Wildman–Crippen LogP) is 8.59. The van der Waals surface area contributed by atoms with Gasteiger partial charge in [-0.3, -0.25) is 9.59 Å². The number of ketones is 2. The average molecular weight is 617 g/mol. The summed E-state index contributed by atoms with van der Waals surface area (Å²) in [5.41, 5.74) is 1.44. The normalized spacial score (nSPS) is 16.0. The second-order valence-electron chi connectivity index (χ2n) is 12.0. The van der Waals surface area contributed by atoms with E-state index in [0.29, 0.717) is 48.6 Å². The summed E-state index contributed by atoms with van der Waals surface area (Å²) in [6, 6.07) is 11.1. The van der Waals surface area contributed by atoms with Crippen LogP contribution in [0.15, 0.2) is 46.7 Å². The first-order chi connectivity index (χ1) is 21.4. The van der Waals surface area contributed by atoms with Crippen molar-refractivity contribution in [1.29, 1.82) is 0 Å². The lowest BCUT2D eigenvalue weighted by Crippen LogP contribution is -2.17. The number of carbonyl (C=O) groups excluding carboxylic acids is 4. The molecule has 8 nitrogen and oxygen atoms in total. The lowest BCUT2D eigenvalue weighted by Gasteiger charge is -2.10. The highest BCUT2D eigenvalue weighted by molar-refractivity contribution is 7.25. The standard InChI is InChI=1S/C35H40N2O6S/c1-3-7-32(38)42-36-28(16-13-22-9-5-6-10-22)34(40)24-14-17-30-26(20-24)27-21-25(15-18-31(27)44-30)35(41)29(19-23-11-12-23)37-43-33(39)8-4-2/h14-15,17-18,20-23H,3-13,16,19H2,1-2H3/b36-28+,37-29+. The number of nitrogens with zero attached hydrogens (tertiary/aromatic N) is 2. The number of thiophene rings is 1. The zero-order valence-corrected chi connectivity index (χ0v) is 26.4. The van der Waals surface area contributed by atoms with Crippen LogP contribution in [0.2, 0.25) is 0 Å². The molecule has 2 aromatic carbocycles. The quantitative estimate of drug-likeness (QED) is 0.0732. The minimum absolute atomic E-state index is 0.246. The van der Waals surface area contributed by atoms with E-state index in [-0.39, 0.29) is 35.8 Å². The SMILES string of the molecule is CCCC(=O)O/N=C(\CCC1CCCC1)C(=O)c1ccc2sc3ccc(C(=O)/C(CC4CC4)=N/OC(=O)CCC)cc3c2c1. The molecule has 1 aromatic heterocycles. The molecule has 0 unspecified atom stereocenters. The fourth-order valence-corrected chi connectivity index (χ4v) is 6.78. The molecule has 2 aliphatic carbocycles. The monoisotopic (exact) mass is 616 g/mol. The summed E-state index contributed by atoms with van der Waals surface area (Å²) < 4.78 is 1.97. The molecule has 232 valence electrons. The molecule has 0 N–H and O–H groups in total. The van der Waals surface area contributed by atoms with E-state index in [1.807, 2.05) is 38.1 Å². The van der Waals surface area contributed by atoms with E-state index < -0.39 is 11.9 Å². The minimum atomic E-state index is -0.448. The lowest BCUT2D eigenvalue weighted by molar-refractivity contribution is -0.144. The van der Waals surface area contributed by atoms with Crippen LogP contribution in [0.3, 0.4) is 0 Å². The van der Waals surface area contributed by atoms with Crippen LogP contribution in [0.5, 0.6) is 0 Å². The van der Waals surface area contributed by atoms with E-state index in [2.05, 4.69) is 10.3 Å². The van der Waals surface area contributed by atoms with Gasteiger partial charge in [-0.25, -0.2) is 9.59 Å². The number of rotatable bonds is 15. The van der Waals surface area contributed by atoms with E-state index in [1.54, 1.807) is 23.5 Å². The minimum Gasteiger partial charge on any atom is -0.318 e. The van der Waals surface area contributed by atoms with Crippen LogP contribution in [-0.2, 0) is 19.3 Å². The molecule has 3 aromatic rings. The number of hydrogen-bond donors (Lipinski definition) is 0. The molecular weight excluding hydrogens is 576 g/mol. The van der Waals surface area contributed by atoms with Crippen molar-refractivity contribution in [3.63, 3.8) is 0 Å². The summed E-state index contributed by atoms with van der Waals surface area (Å²) in [7, 11) is 0. The van der Waals surface area contributed by atoms with E-state index in [1.165, 1.54) is 12.8 Å². The first kappa shape index (κ1) is 31.7. The largest absolute Gasteiger partial charge is 0.335 e. The smallest absolute Gasteiger partial charge is 0.318 e. The number of carbonyl (C=O) groups is 4. The van der Waals surface area contributed by atoms with Gasteiger partial charge in [0, 0.05) is 44.1 Å². The third-order valence-electron chi connectivity index (χ3n) is 8.38. The Balaban J connectivity index is 1.43. The lowest BCUT2D eigenvalue weighted by atomic mass is 9.95. The van der Waals surface area contributed by atoms with Crippen LogP contribution in [0.4, 0.5) is 0 Å². The first-order valence-corrected chi connectivity index (χ1v) is 16.8. The number of oxime groups is 2. The fraction of sp³-hybridized carbons (Fsp3) is 0.486. The maximum atomic E-state index is 13.7. The van der Waals surface area contributed by atoms with Crippen LogP contribution in [-0.4, -0.2) is 34.9 Å². The molecule has 44 heavy (non-hydrogen) atoms. The summed E-state index contributed by atoms with van der Waals surface area (Å²) in [6.07, 6.45) is 10.3. The van der Waals surface area contributed by atoms with Gasteiger partial charge in [-0.05, 0) is 93.2 Å². The summed E-state index contributed by atoms with van der Waals surface area (Å²) in [5, 5.41) is 9.78. The van der Waals surface area contributed by atoms with Gasteiger partial charge in [0.15, 0.2) is 0 Å². The van der Waals surface area contributed by atoms with Gasteiger partial charge >= 0.3 is 11.9 Å². The third-order valence-corrected chi connectivity index (χ3v) is 9.54. The highest BCUT2D eigenvalue weighted by atomic mass is 32.1. The Morgan fingerprint density at radius 1 is 0.705 bits per heavy atom. The van der Waals surface area contributed by atoms with Crippen LogP contribution < -0.4 is 0 Å². The zero-order chi connectivity index (χ0) is 31.1. The topological polar surface area (TPSA) is 111 Å². The summed E-state index contributed by atoms with van der Waals surface area (Å²) in [6.45, 7) is 3.77. The first-order valence-electron chi connectivity index (χ1n) is 15.9. The molecule has 0 atom stereocenters. The molecule has 2 aliphatic rings. The molecule has 0 bridgehead atoms. The van der Waals surface area contributed by atoms with E-state index in [4.69, 9.17) is 9.68 Å². The van der Waals surface area contributed by atoms with Gasteiger partial charge < -0.3 is 9.68 Å². The Hall–Kier alpha value is -3.72. The zero-order valence-electron chi connectivity index (χ0n) is 25.6. The van der Waals surface area contributed by atoms with Crippen LogP contribution in [0, 0.1) is 11.8 Å². The third kappa shape index (κ3) is 8.05. The molecule has 0 spiro atoms. The van der Waals surface area contributed by atoms with Crippen molar-refractivity contribution in [1.82, 2.24) is 0 Å². The number of benzene rings is 2. The van der Waals surface area contributed by atoms with E-state index >= 15 is 0 Å². The average Bonchev–Trinajstić information content (AvgIpc) is 3.54. The molecule has 0 aliphatic heterocycles. The van der Waals surface area contributed by atoms with Crippen molar-refractivity contribution in [2.45, 2.75) is 97.3 Å². The molecule has 0 radical (unpaired) electrons. The van der Waals surface area contributed by atoms with Gasteiger partial charge in [-0.2, -0.15) is 0 Å². The number of fused-ring (bicyclic) bond motifs is 3. The Kier molecular flexibility index (Phi) is 10.7. The Bertz CT molecular complexity index is 1610. The molecule has 0 amide bonds. The fourth-order valence-electron chi connectivity index (χ4n) is 5.71. The van der Waals surface area contributed by atoms with Gasteiger partial charge in [0.2, 0.25) is 11.6 Å². The molecule has 1 heterocycles. The van der Waals surface area contributed by atoms with E-state index in [0.717, 1.165) is 52.3 Å². The molecule has 5 rings (SSSR count). The maximum absolute atomic E-state index is 13.7. The van der Waals surface area contributed by atoms with Crippen molar-refractivity contribution in [3.05, 3.63) is 47.5 Å². The van der Waals surface area contributed by atoms with Gasteiger partial charge in [0.05, 0.1) is 0 Å². The Labute approximate surface area is 261 Å². The van der Waals surface area contributed by atoms with Crippen LogP contribution in [0.1, 0.15) is 118 Å². The Morgan fingerprint density at radius 2 is 1.23 bits per heavy atom. The number of Topliss-reactive ketones (excluding diaryl/α,β-unsaturated/α-hetero) is 2. The maximum Gasteiger partial charge on any atom is 0.335 e. The van der Waals surface area contributed by atoms with Gasteiger partial charge in [0.1, 0.15) is 11.4 Å². The van der Waals surface area contributed by atoms with E-state index in [9.17, 15) is 19.2 Å².